The fraction of sp³-hybridized carbons (Fsp3) is 0.625. The molecule has 106 valence electrons. The summed E-state index contributed by atoms with van der Waals surface area (Å²) in [6.07, 6.45) is 3.88. The van der Waals surface area contributed by atoms with E-state index in [0.29, 0.717) is 12.1 Å². The van der Waals surface area contributed by atoms with Gasteiger partial charge in [0, 0.05) is 34.9 Å². The standard InChI is InChI=1S/C16H25NOS/c1-12(9-10-19(4)18)17-15-14-8-6-5-7-13(14)11-16(15,2)3/h5-8,12,15,17H,9-11H2,1-4H3. The summed E-state index contributed by atoms with van der Waals surface area (Å²) in [7, 11) is -0.694. The SMILES string of the molecule is CC(CCS(C)=O)NC1c2ccccc2CC1(C)C. The molecule has 0 radical (unpaired) electrons. The zero-order valence-electron chi connectivity index (χ0n) is 12.4. The van der Waals surface area contributed by atoms with Crippen molar-refractivity contribution < 1.29 is 4.21 Å². The molecular weight excluding hydrogens is 254 g/mol. The van der Waals surface area contributed by atoms with Gasteiger partial charge in [0.2, 0.25) is 0 Å². The molecule has 0 heterocycles. The number of hydrogen-bond donors (Lipinski definition) is 1. The van der Waals surface area contributed by atoms with Crippen LogP contribution in [0, 0.1) is 5.41 Å². The van der Waals surface area contributed by atoms with E-state index in [0.717, 1.165) is 18.6 Å². The maximum absolute atomic E-state index is 11.2. The lowest BCUT2D eigenvalue weighted by atomic mass is 9.85. The number of benzene rings is 1. The van der Waals surface area contributed by atoms with Crippen LogP contribution in [0.5, 0.6) is 0 Å². The molecule has 19 heavy (non-hydrogen) atoms. The van der Waals surface area contributed by atoms with Gasteiger partial charge < -0.3 is 5.32 Å². The average molecular weight is 279 g/mol. The highest BCUT2D eigenvalue weighted by molar-refractivity contribution is 7.84. The van der Waals surface area contributed by atoms with Crippen molar-refractivity contribution in [2.24, 2.45) is 5.41 Å². The second kappa shape index (κ2) is 5.76. The van der Waals surface area contributed by atoms with Gasteiger partial charge in [0.05, 0.1) is 0 Å². The van der Waals surface area contributed by atoms with Gasteiger partial charge in [0.15, 0.2) is 0 Å². The minimum Gasteiger partial charge on any atom is -0.307 e. The van der Waals surface area contributed by atoms with Gasteiger partial charge in [-0.1, -0.05) is 38.1 Å². The highest BCUT2D eigenvalue weighted by Gasteiger charge is 2.38. The Morgan fingerprint density at radius 3 is 2.79 bits per heavy atom. The van der Waals surface area contributed by atoms with Crippen LogP contribution < -0.4 is 5.32 Å². The molecule has 1 aliphatic carbocycles. The molecule has 2 rings (SSSR count). The van der Waals surface area contributed by atoms with E-state index < -0.39 is 10.8 Å². The lowest BCUT2D eigenvalue weighted by Crippen LogP contribution is -2.37. The van der Waals surface area contributed by atoms with Crippen molar-refractivity contribution in [2.45, 2.75) is 45.7 Å². The second-order valence-corrected chi connectivity index (χ2v) is 7.99. The molecule has 0 amide bonds. The molecule has 0 spiro atoms. The fourth-order valence-electron chi connectivity index (χ4n) is 3.02. The zero-order chi connectivity index (χ0) is 14.0. The van der Waals surface area contributed by atoms with E-state index in [2.05, 4.69) is 50.4 Å². The molecule has 0 aromatic heterocycles. The topological polar surface area (TPSA) is 29.1 Å². The molecule has 0 saturated heterocycles. The first kappa shape index (κ1) is 14.7. The Morgan fingerprint density at radius 1 is 1.42 bits per heavy atom. The summed E-state index contributed by atoms with van der Waals surface area (Å²) in [6, 6.07) is 9.54. The molecule has 1 aliphatic rings. The maximum Gasteiger partial charge on any atom is 0.0379 e. The monoisotopic (exact) mass is 279 g/mol. The van der Waals surface area contributed by atoms with Crippen molar-refractivity contribution in [1.29, 1.82) is 0 Å². The van der Waals surface area contributed by atoms with Gasteiger partial charge in [-0.3, -0.25) is 4.21 Å². The molecule has 0 saturated carbocycles. The summed E-state index contributed by atoms with van der Waals surface area (Å²) in [5.41, 5.74) is 3.16. The molecule has 1 N–H and O–H groups in total. The van der Waals surface area contributed by atoms with Crippen LogP contribution in [-0.4, -0.2) is 22.3 Å². The summed E-state index contributed by atoms with van der Waals surface area (Å²) in [5, 5.41) is 3.75. The first-order chi connectivity index (χ1) is 8.90. The molecule has 0 bridgehead atoms. The first-order valence-corrected chi connectivity index (χ1v) is 8.77. The number of rotatable bonds is 5. The zero-order valence-corrected chi connectivity index (χ0v) is 13.2. The van der Waals surface area contributed by atoms with Gasteiger partial charge in [-0.05, 0) is 36.3 Å². The lowest BCUT2D eigenvalue weighted by Gasteiger charge is -2.31. The largest absolute Gasteiger partial charge is 0.307 e. The molecule has 3 unspecified atom stereocenters. The van der Waals surface area contributed by atoms with E-state index in [-0.39, 0.29) is 5.41 Å². The van der Waals surface area contributed by atoms with Crippen molar-refractivity contribution in [3.05, 3.63) is 35.4 Å². The van der Waals surface area contributed by atoms with Crippen LogP contribution in [0.1, 0.15) is 44.4 Å². The summed E-state index contributed by atoms with van der Waals surface area (Å²) in [5.74, 6) is 0.781. The third-order valence-electron chi connectivity index (χ3n) is 4.08. The van der Waals surface area contributed by atoms with Gasteiger partial charge in [-0.25, -0.2) is 0 Å². The Labute approximate surface area is 119 Å². The molecule has 0 aliphatic heterocycles. The van der Waals surface area contributed by atoms with Crippen LogP contribution in [0.4, 0.5) is 0 Å². The van der Waals surface area contributed by atoms with Gasteiger partial charge in [-0.15, -0.1) is 0 Å². The third-order valence-corrected chi connectivity index (χ3v) is 4.89. The average Bonchev–Trinajstić information content (AvgIpc) is 2.58. The molecule has 3 atom stereocenters. The van der Waals surface area contributed by atoms with Crippen molar-refractivity contribution in [1.82, 2.24) is 5.32 Å². The summed E-state index contributed by atoms with van der Waals surface area (Å²) >= 11 is 0. The van der Waals surface area contributed by atoms with Gasteiger partial charge in [0.1, 0.15) is 0 Å². The molecule has 3 heteroatoms. The van der Waals surface area contributed by atoms with E-state index in [1.165, 1.54) is 11.1 Å². The Bertz CT molecular complexity index is 470. The predicted molar refractivity (Wildman–Crippen MR) is 82.8 cm³/mol. The van der Waals surface area contributed by atoms with Crippen molar-refractivity contribution in [3.8, 4) is 0 Å². The molecule has 0 fully saturated rings. The van der Waals surface area contributed by atoms with Gasteiger partial charge in [-0.2, -0.15) is 0 Å². The van der Waals surface area contributed by atoms with Crippen LogP contribution in [0.25, 0.3) is 0 Å². The minimum absolute atomic E-state index is 0.253. The van der Waals surface area contributed by atoms with E-state index >= 15 is 0 Å². The first-order valence-electron chi connectivity index (χ1n) is 7.04. The van der Waals surface area contributed by atoms with Crippen molar-refractivity contribution in [2.75, 3.05) is 12.0 Å². The summed E-state index contributed by atoms with van der Waals surface area (Å²) in [6.45, 7) is 6.86. The molecule has 1 aromatic carbocycles. The maximum atomic E-state index is 11.2. The van der Waals surface area contributed by atoms with Crippen molar-refractivity contribution >= 4 is 10.8 Å². The summed E-state index contributed by atoms with van der Waals surface area (Å²) in [4.78, 5) is 0. The van der Waals surface area contributed by atoms with Crippen LogP contribution in [-0.2, 0) is 17.2 Å². The highest BCUT2D eigenvalue weighted by atomic mass is 32.2. The van der Waals surface area contributed by atoms with E-state index in [1.807, 2.05) is 0 Å². The number of fused-ring (bicyclic) bond motifs is 1. The quantitative estimate of drug-likeness (QED) is 0.897. The Balaban J connectivity index is 2.08. The Kier molecular flexibility index (Phi) is 4.46. The number of nitrogens with one attached hydrogen (secondary N) is 1. The van der Waals surface area contributed by atoms with Crippen LogP contribution in [0.3, 0.4) is 0 Å². The smallest absolute Gasteiger partial charge is 0.0379 e. The predicted octanol–water partition coefficient (Wildman–Crippen LogP) is 3.06. The van der Waals surface area contributed by atoms with Crippen LogP contribution in [0.2, 0.25) is 0 Å². The van der Waals surface area contributed by atoms with Crippen LogP contribution in [0.15, 0.2) is 24.3 Å². The molecule has 2 nitrogen and oxygen atoms in total. The van der Waals surface area contributed by atoms with E-state index in [9.17, 15) is 4.21 Å². The Hall–Kier alpha value is -0.670. The van der Waals surface area contributed by atoms with E-state index in [4.69, 9.17) is 0 Å². The second-order valence-electron chi connectivity index (χ2n) is 6.43. The van der Waals surface area contributed by atoms with Crippen LogP contribution >= 0.6 is 0 Å². The molecule has 1 aromatic rings. The third kappa shape index (κ3) is 3.46. The van der Waals surface area contributed by atoms with Gasteiger partial charge in [0.25, 0.3) is 0 Å². The highest BCUT2D eigenvalue weighted by Crippen LogP contribution is 2.45. The minimum atomic E-state index is -0.694. The van der Waals surface area contributed by atoms with E-state index in [1.54, 1.807) is 6.26 Å². The fourth-order valence-corrected chi connectivity index (χ4v) is 3.70. The molecular formula is C16H25NOS. The normalized spacial score (nSPS) is 23.9. The van der Waals surface area contributed by atoms with Crippen molar-refractivity contribution in [3.63, 3.8) is 0 Å². The number of hydrogen-bond acceptors (Lipinski definition) is 2. The Morgan fingerprint density at radius 2 is 2.11 bits per heavy atom. The summed E-state index contributed by atoms with van der Waals surface area (Å²) < 4.78 is 11.2. The lowest BCUT2D eigenvalue weighted by molar-refractivity contribution is 0.250. The van der Waals surface area contributed by atoms with Gasteiger partial charge >= 0.3 is 0 Å².